The normalized spacial score (nSPS) is 12.0. The molecule has 0 aliphatic rings. The van der Waals surface area contributed by atoms with Gasteiger partial charge in [-0.25, -0.2) is 0 Å². The minimum atomic E-state index is 0.165. The van der Waals surface area contributed by atoms with Gasteiger partial charge in [-0.1, -0.05) is 13.8 Å². The van der Waals surface area contributed by atoms with E-state index in [1.807, 2.05) is 22.7 Å². The third kappa shape index (κ3) is 2.01. The molecule has 0 bridgehead atoms. The lowest BCUT2D eigenvalue weighted by Gasteiger charge is -2.21. The second-order valence-electron chi connectivity index (χ2n) is 4.45. The Balaban J connectivity index is 2.42. The first kappa shape index (κ1) is 10.9. The molecule has 2 rings (SSSR count). The first-order valence-electron chi connectivity index (χ1n) is 5.14. The Hall–Kier alpha value is -0.600. The van der Waals surface area contributed by atoms with E-state index in [-0.39, 0.29) is 5.41 Å². The molecule has 80 valence electrons. The smallest absolute Gasteiger partial charge is 0.0334 e. The van der Waals surface area contributed by atoms with E-state index in [1.54, 1.807) is 0 Å². The van der Waals surface area contributed by atoms with E-state index in [0.29, 0.717) is 0 Å². The van der Waals surface area contributed by atoms with Crippen molar-refractivity contribution in [3.63, 3.8) is 0 Å². The highest BCUT2D eigenvalue weighted by Gasteiger charge is 2.25. The van der Waals surface area contributed by atoms with Gasteiger partial charge in [0, 0.05) is 24.9 Å². The topological polar surface area (TPSA) is 0 Å². The third-order valence-corrected chi connectivity index (χ3v) is 5.36. The van der Waals surface area contributed by atoms with Crippen molar-refractivity contribution in [2.45, 2.75) is 33.1 Å². The van der Waals surface area contributed by atoms with Gasteiger partial charge in [0.25, 0.3) is 0 Å². The predicted octanol–water partition coefficient (Wildman–Crippen LogP) is 4.75. The molecule has 2 heterocycles. The summed E-state index contributed by atoms with van der Waals surface area (Å²) < 4.78 is 0. The van der Waals surface area contributed by atoms with Crippen LogP contribution in [0.15, 0.2) is 24.3 Å². The van der Waals surface area contributed by atoms with Crippen LogP contribution in [-0.4, -0.2) is 0 Å². The summed E-state index contributed by atoms with van der Waals surface area (Å²) in [5.41, 5.74) is 0.165. The molecule has 0 N–H and O–H groups in total. The molecule has 2 aromatic rings. The zero-order valence-electron chi connectivity index (χ0n) is 9.63. The van der Waals surface area contributed by atoms with Crippen LogP contribution in [0.5, 0.6) is 0 Å². The Morgan fingerprint density at radius 2 is 1.20 bits per heavy atom. The Kier molecular flexibility index (Phi) is 2.73. The Morgan fingerprint density at radius 3 is 1.47 bits per heavy atom. The van der Waals surface area contributed by atoms with Gasteiger partial charge in [0.1, 0.15) is 0 Å². The summed E-state index contributed by atoms with van der Waals surface area (Å²) in [7, 11) is 0. The molecule has 0 aliphatic heterocycles. The first-order valence-corrected chi connectivity index (χ1v) is 6.77. The molecule has 0 nitrogen and oxygen atoms in total. The molecule has 0 spiro atoms. The lowest BCUT2D eigenvalue weighted by atomic mass is 9.90. The fourth-order valence-electron chi connectivity index (χ4n) is 1.66. The fraction of sp³-hybridized carbons (Fsp3) is 0.385. The number of aryl methyl sites for hydroxylation is 2. The van der Waals surface area contributed by atoms with Gasteiger partial charge in [0.05, 0.1) is 0 Å². The number of hydrogen-bond donors (Lipinski definition) is 0. The second kappa shape index (κ2) is 3.76. The molecule has 0 fully saturated rings. The van der Waals surface area contributed by atoms with Crippen LogP contribution in [0.2, 0.25) is 0 Å². The second-order valence-corrected chi connectivity index (χ2v) is 7.02. The highest BCUT2D eigenvalue weighted by molar-refractivity contribution is 7.13. The molecule has 0 aliphatic carbocycles. The molecule has 0 saturated heterocycles. The maximum absolute atomic E-state index is 2.31. The van der Waals surface area contributed by atoms with Crippen LogP contribution in [0.25, 0.3) is 0 Å². The Labute approximate surface area is 99.6 Å². The van der Waals surface area contributed by atoms with Gasteiger partial charge >= 0.3 is 0 Å². The number of hydrogen-bond acceptors (Lipinski definition) is 2. The van der Waals surface area contributed by atoms with E-state index in [4.69, 9.17) is 0 Å². The maximum atomic E-state index is 2.31. The average Bonchev–Trinajstić information content (AvgIpc) is 2.74. The summed E-state index contributed by atoms with van der Waals surface area (Å²) in [6.45, 7) is 8.96. The van der Waals surface area contributed by atoms with Crippen LogP contribution < -0.4 is 0 Å². The van der Waals surface area contributed by atoms with Gasteiger partial charge in [-0.3, -0.25) is 0 Å². The van der Waals surface area contributed by atoms with Crippen LogP contribution in [-0.2, 0) is 5.41 Å². The van der Waals surface area contributed by atoms with Crippen molar-refractivity contribution in [3.05, 3.63) is 43.8 Å². The van der Waals surface area contributed by atoms with Gasteiger partial charge in [-0.05, 0) is 38.1 Å². The minimum Gasteiger partial charge on any atom is -0.145 e. The molecule has 15 heavy (non-hydrogen) atoms. The van der Waals surface area contributed by atoms with Crippen LogP contribution in [0.3, 0.4) is 0 Å². The van der Waals surface area contributed by atoms with Gasteiger partial charge in [-0.2, -0.15) is 0 Å². The van der Waals surface area contributed by atoms with E-state index in [1.165, 1.54) is 19.5 Å². The number of thiophene rings is 2. The quantitative estimate of drug-likeness (QED) is 0.705. The summed E-state index contributed by atoms with van der Waals surface area (Å²) in [4.78, 5) is 5.71. The summed E-state index contributed by atoms with van der Waals surface area (Å²) in [5, 5.41) is 0. The lowest BCUT2D eigenvalue weighted by molar-refractivity contribution is 0.671. The van der Waals surface area contributed by atoms with Crippen molar-refractivity contribution >= 4 is 22.7 Å². The molecule has 0 aromatic carbocycles. The molecular weight excluding hydrogens is 220 g/mol. The van der Waals surface area contributed by atoms with Crippen LogP contribution in [0.4, 0.5) is 0 Å². The van der Waals surface area contributed by atoms with Crippen LogP contribution >= 0.6 is 22.7 Å². The van der Waals surface area contributed by atoms with Gasteiger partial charge < -0.3 is 0 Å². The van der Waals surface area contributed by atoms with Crippen LogP contribution in [0, 0.1) is 13.8 Å². The highest BCUT2D eigenvalue weighted by atomic mass is 32.1. The standard InChI is InChI=1S/C13H16S2/c1-9-5-7-11(14-9)13(3,4)12-8-6-10(2)15-12/h5-8H,1-4H3. The van der Waals surface area contributed by atoms with Gasteiger partial charge in [0.2, 0.25) is 0 Å². The molecule has 0 amide bonds. The summed E-state index contributed by atoms with van der Waals surface area (Å²) in [6, 6.07) is 8.94. The van der Waals surface area contributed by atoms with Crippen molar-refractivity contribution in [1.29, 1.82) is 0 Å². The number of rotatable bonds is 2. The molecule has 0 radical (unpaired) electrons. The van der Waals surface area contributed by atoms with Crippen molar-refractivity contribution < 1.29 is 0 Å². The molecular formula is C13H16S2. The summed E-state index contributed by atoms with van der Waals surface area (Å²) in [5.74, 6) is 0. The third-order valence-electron chi connectivity index (χ3n) is 2.71. The molecule has 0 unspecified atom stereocenters. The molecule has 2 aromatic heterocycles. The van der Waals surface area contributed by atoms with Crippen molar-refractivity contribution in [2.75, 3.05) is 0 Å². The van der Waals surface area contributed by atoms with E-state index in [0.717, 1.165) is 0 Å². The van der Waals surface area contributed by atoms with Crippen molar-refractivity contribution in [3.8, 4) is 0 Å². The van der Waals surface area contributed by atoms with E-state index < -0.39 is 0 Å². The van der Waals surface area contributed by atoms with Gasteiger partial charge in [0.15, 0.2) is 0 Å². The highest BCUT2D eigenvalue weighted by Crippen LogP contribution is 2.38. The first-order chi connectivity index (χ1) is 7.00. The van der Waals surface area contributed by atoms with E-state index in [2.05, 4.69) is 52.0 Å². The zero-order valence-corrected chi connectivity index (χ0v) is 11.3. The SMILES string of the molecule is Cc1ccc(C(C)(C)c2ccc(C)s2)s1. The van der Waals surface area contributed by atoms with Crippen molar-refractivity contribution in [2.24, 2.45) is 0 Å². The average molecular weight is 236 g/mol. The monoisotopic (exact) mass is 236 g/mol. The van der Waals surface area contributed by atoms with E-state index in [9.17, 15) is 0 Å². The lowest BCUT2D eigenvalue weighted by Crippen LogP contribution is -2.15. The molecule has 0 saturated carbocycles. The Morgan fingerprint density at radius 1 is 0.800 bits per heavy atom. The summed E-state index contributed by atoms with van der Waals surface area (Å²) in [6.07, 6.45) is 0. The largest absolute Gasteiger partial charge is 0.145 e. The minimum absolute atomic E-state index is 0.165. The van der Waals surface area contributed by atoms with Crippen LogP contribution in [0.1, 0.15) is 33.4 Å². The van der Waals surface area contributed by atoms with E-state index >= 15 is 0 Å². The maximum Gasteiger partial charge on any atom is 0.0334 e. The summed E-state index contributed by atoms with van der Waals surface area (Å²) >= 11 is 3.81. The van der Waals surface area contributed by atoms with Crippen molar-refractivity contribution in [1.82, 2.24) is 0 Å². The van der Waals surface area contributed by atoms with Gasteiger partial charge in [-0.15, -0.1) is 22.7 Å². The Bertz CT molecular complexity index is 418. The zero-order chi connectivity index (χ0) is 11.1. The molecule has 2 heteroatoms. The molecule has 0 atom stereocenters. The fourth-order valence-corrected chi connectivity index (χ4v) is 3.70. The predicted molar refractivity (Wildman–Crippen MR) is 70.2 cm³/mol.